The van der Waals surface area contributed by atoms with Gasteiger partial charge in [-0.3, -0.25) is 4.98 Å². The van der Waals surface area contributed by atoms with Crippen molar-refractivity contribution in [1.82, 2.24) is 20.1 Å². The molecule has 1 aromatic carbocycles. The Morgan fingerprint density at radius 3 is 2.84 bits per heavy atom. The molecule has 0 aliphatic heterocycles. The number of benzene rings is 1. The van der Waals surface area contributed by atoms with Gasteiger partial charge in [-0.15, -0.1) is 0 Å². The summed E-state index contributed by atoms with van der Waals surface area (Å²) in [5.74, 6) is 0.995. The second-order valence-corrected chi connectivity index (χ2v) is 4.02. The van der Waals surface area contributed by atoms with Crippen molar-refractivity contribution in [3.05, 3.63) is 42.4 Å². The Kier molecular flexibility index (Phi) is 2.68. The molecule has 0 fully saturated rings. The molecule has 6 heteroatoms. The highest BCUT2D eigenvalue weighted by Crippen LogP contribution is 2.25. The Labute approximate surface area is 108 Å². The van der Waals surface area contributed by atoms with Crippen molar-refractivity contribution in [2.45, 2.75) is 6.92 Å². The molecule has 0 aliphatic rings. The van der Waals surface area contributed by atoms with E-state index in [4.69, 9.17) is 4.52 Å². The van der Waals surface area contributed by atoms with E-state index in [2.05, 4.69) is 20.1 Å². The van der Waals surface area contributed by atoms with E-state index >= 15 is 0 Å². The van der Waals surface area contributed by atoms with Crippen LogP contribution in [0.4, 0.5) is 0 Å². The van der Waals surface area contributed by atoms with Gasteiger partial charge >= 0.3 is 0 Å². The van der Waals surface area contributed by atoms with Crippen LogP contribution in [0.1, 0.15) is 5.56 Å². The van der Waals surface area contributed by atoms with E-state index in [0.29, 0.717) is 17.4 Å². The first-order valence-corrected chi connectivity index (χ1v) is 5.64. The zero-order valence-corrected chi connectivity index (χ0v) is 10.1. The molecule has 3 aromatic rings. The van der Waals surface area contributed by atoms with E-state index < -0.39 is 0 Å². The number of hydrogen-bond donors (Lipinski definition) is 1. The molecule has 6 nitrogen and oxygen atoms in total. The van der Waals surface area contributed by atoms with Crippen LogP contribution in [0.2, 0.25) is 0 Å². The average Bonchev–Trinajstić information content (AvgIpc) is 2.93. The first-order chi connectivity index (χ1) is 9.24. The zero-order valence-electron chi connectivity index (χ0n) is 10.1. The summed E-state index contributed by atoms with van der Waals surface area (Å²) in [6.07, 6.45) is 4.71. The second kappa shape index (κ2) is 4.49. The summed E-state index contributed by atoms with van der Waals surface area (Å²) in [5, 5.41) is 13.4. The van der Waals surface area contributed by atoms with Gasteiger partial charge in [0.15, 0.2) is 0 Å². The molecule has 0 unspecified atom stereocenters. The van der Waals surface area contributed by atoms with Crippen LogP contribution in [-0.4, -0.2) is 25.2 Å². The fourth-order valence-corrected chi connectivity index (χ4v) is 1.65. The molecule has 3 rings (SSSR count). The van der Waals surface area contributed by atoms with Gasteiger partial charge in [0.05, 0.1) is 6.20 Å². The third-order valence-corrected chi connectivity index (χ3v) is 2.66. The predicted octanol–water partition coefficient (Wildman–Crippen LogP) is 2.21. The number of rotatable bonds is 2. The Morgan fingerprint density at radius 1 is 1.21 bits per heavy atom. The molecular weight excluding hydrogens is 244 g/mol. The van der Waals surface area contributed by atoms with E-state index in [1.165, 1.54) is 0 Å². The van der Waals surface area contributed by atoms with Gasteiger partial charge in [0.25, 0.3) is 5.89 Å². The molecule has 0 aliphatic carbocycles. The molecule has 94 valence electrons. The molecule has 0 atom stereocenters. The van der Waals surface area contributed by atoms with Gasteiger partial charge in [-0.1, -0.05) is 5.16 Å². The van der Waals surface area contributed by atoms with Crippen LogP contribution in [0, 0.1) is 6.92 Å². The predicted molar refractivity (Wildman–Crippen MR) is 67.2 cm³/mol. The van der Waals surface area contributed by atoms with Crippen molar-refractivity contribution in [3.8, 4) is 28.7 Å². The van der Waals surface area contributed by atoms with Crippen LogP contribution < -0.4 is 0 Å². The van der Waals surface area contributed by atoms with E-state index in [1.54, 1.807) is 43.7 Å². The lowest BCUT2D eigenvalue weighted by molar-refractivity contribution is 0.431. The number of nitrogens with zero attached hydrogens (tertiary/aromatic N) is 4. The van der Waals surface area contributed by atoms with Crippen LogP contribution in [0.3, 0.4) is 0 Å². The number of aromatic nitrogens is 4. The van der Waals surface area contributed by atoms with Gasteiger partial charge in [0, 0.05) is 18.0 Å². The molecule has 19 heavy (non-hydrogen) atoms. The highest BCUT2D eigenvalue weighted by molar-refractivity contribution is 5.59. The number of aryl methyl sites for hydroxylation is 1. The maximum Gasteiger partial charge on any atom is 0.258 e. The smallest absolute Gasteiger partial charge is 0.258 e. The summed E-state index contributed by atoms with van der Waals surface area (Å²) in [6.45, 7) is 1.80. The van der Waals surface area contributed by atoms with Crippen molar-refractivity contribution in [1.29, 1.82) is 0 Å². The number of hydrogen-bond acceptors (Lipinski definition) is 6. The number of phenolic OH excluding ortho intramolecular Hbond substituents is 1. The summed E-state index contributed by atoms with van der Waals surface area (Å²) < 4.78 is 5.19. The van der Waals surface area contributed by atoms with E-state index in [9.17, 15) is 5.11 Å². The Bertz CT molecular complexity index is 710. The normalized spacial score (nSPS) is 10.6. The van der Waals surface area contributed by atoms with Crippen molar-refractivity contribution in [3.63, 3.8) is 0 Å². The number of phenols is 1. The van der Waals surface area contributed by atoms with Crippen LogP contribution >= 0.6 is 0 Å². The van der Waals surface area contributed by atoms with Crippen molar-refractivity contribution >= 4 is 0 Å². The highest BCUT2D eigenvalue weighted by atomic mass is 16.5. The van der Waals surface area contributed by atoms with Crippen molar-refractivity contribution in [2.75, 3.05) is 0 Å². The molecule has 2 heterocycles. The van der Waals surface area contributed by atoms with Crippen molar-refractivity contribution < 1.29 is 9.63 Å². The lowest BCUT2D eigenvalue weighted by atomic mass is 10.1. The fraction of sp³-hybridized carbons (Fsp3) is 0.0769. The van der Waals surface area contributed by atoms with E-state index in [1.807, 2.05) is 0 Å². The van der Waals surface area contributed by atoms with Gasteiger partial charge in [0.2, 0.25) is 5.82 Å². The maximum atomic E-state index is 9.49. The van der Waals surface area contributed by atoms with Crippen LogP contribution in [0.15, 0.2) is 41.3 Å². The monoisotopic (exact) mass is 254 g/mol. The summed E-state index contributed by atoms with van der Waals surface area (Å²) in [5.41, 5.74) is 2.04. The lowest BCUT2D eigenvalue weighted by Crippen LogP contribution is -1.86. The van der Waals surface area contributed by atoms with E-state index in [0.717, 1.165) is 11.1 Å². The van der Waals surface area contributed by atoms with Gasteiger partial charge in [-0.25, -0.2) is 4.98 Å². The topological polar surface area (TPSA) is 84.9 Å². The molecule has 0 bridgehead atoms. The van der Waals surface area contributed by atoms with Crippen molar-refractivity contribution in [2.24, 2.45) is 0 Å². The quantitative estimate of drug-likeness (QED) is 0.754. The molecule has 2 aromatic heterocycles. The standard InChI is InChI=1S/C13H10N4O2/c1-8-6-9(2-3-11(8)18)13-16-12(17-19-13)10-7-14-4-5-15-10/h2-7,18H,1H3. The van der Waals surface area contributed by atoms with Crippen LogP contribution in [-0.2, 0) is 0 Å². The summed E-state index contributed by atoms with van der Waals surface area (Å²) in [4.78, 5) is 12.3. The lowest BCUT2D eigenvalue weighted by Gasteiger charge is -1.99. The molecule has 0 radical (unpaired) electrons. The molecule has 0 spiro atoms. The SMILES string of the molecule is Cc1cc(-c2nc(-c3cnccn3)no2)ccc1O. The molecular formula is C13H10N4O2. The second-order valence-electron chi connectivity index (χ2n) is 4.02. The van der Waals surface area contributed by atoms with Crippen LogP contribution in [0.5, 0.6) is 5.75 Å². The first kappa shape index (κ1) is 11.3. The van der Waals surface area contributed by atoms with Gasteiger partial charge < -0.3 is 9.63 Å². The van der Waals surface area contributed by atoms with Gasteiger partial charge in [-0.2, -0.15) is 4.98 Å². The fourth-order valence-electron chi connectivity index (χ4n) is 1.65. The maximum absolute atomic E-state index is 9.49. The Hall–Kier alpha value is -2.76. The molecule has 1 N–H and O–H groups in total. The Balaban J connectivity index is 1.99. The van der Waals surface area contributed by atoms with Crippen LogP contribution in [0.25, 0.3) is 23.0 Å². The Morgan fingerprint density at radius 2 is 2.11 bits per heavy atom. The zero-order chi connectivity index (χ0) is 13.2. The third kappa shape index (κ3) is 2.15. The molecule has 0 saturated carbocycles. The third-order valence-electron chi connectivity index (χ3n) is 2.66. The molecule has 0 saturated heterocycles. The minimum Gasteiger partial charge on any atom is -0.508 e. The largest absolute Gasteiger partial charge is 0.508 e. The highest BCUT2D eigenvalue weighted by Gasteiger charge is 2.12. The summed E-state index contributed by atoms with van der Waals surface area (Å²) in [7, 11) is 0. The minimum atomic E-state index is 0.234. The number of aromatic hydroxyl groups is 1. The minimum absolute atomic E-state index is 0.234. The summed E-state index contributed by atoms with van der Waals surface area (Å²) in [6, 6.07) is 5.09. The first-order valence-electron chi connectivity index (χ1n) is 5.64. The van der Waals surface area contributed by atoms with Gasteiger partial charge in [0.1, 0.15) is 11.4 Å². The van der Waals surface area contributed by atoms with E-state index in [-0.39, 0.29) is 5.75 Å². The van der Waals surface area contributed by atoms with Gasteiger partial charge in [-0.05, 0) is 30.7 Å². The molecule has 0 amide bonds. The average molecular weight is 254 g/mol. The summed E-state index contributed by atoms with van der Waals surface area (Å²) >= 11 is 0.